The van der Waals surface area contributed by atoms with E-state index in [1.54, 1.807) is 0 Å². The van der Waals surface area contributed by atoms with Gasteiger partial charge in [0.15, 0.2) is 0 Å². The molecule has 0 fully saturated rings. The predicted molar refractivity (Wildman–Crippen MR) is 99.2 cm³/mol. The quantitative estimate of drug-likeness (QED) is 0.487. The normalized spacial score (nSPS) is 11.6. The Bertz CT molecular complexity index is 683. The van der Waals surface area contributed by atoms with Crippen molar-refractivity contribution in [1.82, 2.24) is 0 Å². The van der Waals surface area contributed by atoms with Crippen molar-refractivity contribution in [2.45, 2.75) is 20.3 Å². The minimum atomic E-state index is -0.307. The molecule has 23 heavy (non-hydrogen) atoms. The summed E-state index contributed by atoms with van der Waals surface area (Å²) in [5.74, 6) is 0.246. The van der Waals surface area contributed by atoms with E-state index in [9.17, 15) is 4.79 Å². The van der Waals surface area contributed by atoms with E-state index < -0.39 is 0 Å². The number of esters is 1. The molecule has 3 heteroatoms. The highest BCUT2D eigenvalue weighted by Crippen LogP contribution is 2.26. The molecule has 0 saturated heterocycles. The van der Waals surface area contributed by atoms with Crippen molar-refractivity contribution in [3.05, 3.63) is 69.7 Å². The van der Waals surface area contributed by atoms with E-state index in [0.717, 1.165) is 16.5 Å². The maximum absolute atomic E-state index is 11.6. The van der Waals surface area contributed by atoms with Crippen molar-refractivity contribution >= 4 is 33.5 Å². The lowest BCUT2D eigenvalue weighted by Crippen LogP contribution is -2.01. The van der Waals surface area contributed by atoms with E-state index >= 15 is 0 Å². The van der Waals surface area contributed by atoms with Gasteiger partial charge in [0.1, 0.15) is 0 Å². The summed E-state index contributed by atoms with van der Waals surface area (Å²) in [4.78, 5) is 11.6. The fourth-order valence-electron chi connectivity index (χ4n) is 2.40. The van der Waals surface area contributed by atoms with E-state index in [1.807, 2.05) is 36.4 Å². The number of allylic oxidation sites excluding steroid dienone is 1. The lowest BCUT2D eigenvalue weighted by Gasteiger charge is -2.12. The zero-order chi connectivity index (χ0) is 16.8. The molecule has 0 saturated carbocycles. The lowest BCUT2D eigenvalue weighted by atomic mass is 9.94. The molecule has 0 radical (unpaired) electrons. The molecule has 0 unspecified atom stereocenters. The van der Waals surface area contributed by atoms with Crippen LogP contribution in [0.25, 0.3) is 11.6 Å². The van der Waals surface area contributed by atoms with Crippen LogP contribution in [-0.2, 0) is 4.74 Å². The Balaban J connectivity index is 2.34. The van der Waals surface area contributed by atoms with Crippen LogP contribution in [0, 0.1) is 5.92 Å². The lowest BCUT2D eigenvalue weighted by molar-refractivity contribution is 0.0600. The Kier molecular flexibility index (Phi) is 6.17. The van der Waals surface area contributed by atoms with Crippen LogP contribution < -0.4 is 0 Å². The van der Waals surface area contributed by atoms with Gasteiger partial charge >= 0.3 is 5.97 Å². The van der Waals surface area contributed by atoms with Gasteiger partial charge in [0.25, 0.3) is 0 Å². The van der Waals surface area contributed by atoms with E-state index in [-0.39, 0.29) is 5.97 Å². The fraction of sp³-hybridized carbons (Fsp3) is 0.250. The molecule has 0 aliphatic rings. The van der Waals surface area contributed by atoms with Crippen LogP contribution in [0.3, 0.4) is 0 Å². The summed E-state index contributed by atoms with van der Waals surface area (Å²) in [6.45, 7) is 4.41. The summed E-state index contributed by atoms with van der Waals surface area (Å²) in [6, 6.07) is 15.9. The van der Waals surface area contributed by atoms with Gasteiger partial charge in [0.2, 0.25) is 0 Å². The second-order valence-corrected chi connectivity index (χ2v) is 6.80. The molecule has 0 spiro atoms. The highest BCUT2D eigenvalue weighted by atomic mass is 79.9. The summed E-state index contributed by atoms with van der Waals surface area (Å²) in [7, 11) is 1.40. The van der Waals surface area contributed by atoms with Crippen molar-refractivity contribution in [3.8, 4) is 0 Å². The van der Waals surface area contributed by atoms with Gasteiger partial charge in [-0.25, -0.2) is 4.79 Å². The zero-order valence-electron chi connectivity index (χ0n) is 13.7. The number of carbonyl (C=O) groups excluding carboxylic acids is 1. The minimum absolute atomic E-state index is 0.307. The van der Waals surface area contributed by atoms with Gasteiger partial charge in [-0.3, -0.25) is 0 Å². The number of methoxy groups -OCH3 is 1. The van der Waals surface area contributed by atoms with Crippen LogP contribution in [0.1, 0.15) is 41.8 Å². The fourth-order valence-corrected chi connectivity index (χ4v) is 2.66. The van der Waals surface area contributed by atoms with Crippen molar-refractivity contribution in [1.29, 1.82) is 0 Å². The van der Waals surface area contributed by atoms with E-state index in [0.29, 0.717) is 11.5 Å². The molecule has 0 aromatic heterocycles. The molecule has 0 bridgehead atoms. The molecule has 2 aromatic carbocycles. The van der Waals surface area contributed by atoms with Gasteiger partial charge in [-0.2, -0.15) is 0 Å². The Morgan fingerprint density at radius 1 is 1.04 bits per heavy atom. The Morgan fingerprint density at radius 2 is 1.61 bits per heavy atom. The van der Waals surface area contributed by atoms with Gasteiger partial charge in [-0.1, -0.05) is 60.1 Å². The number of ether oxygens (including phenoxy) is 1. The average Bonchev–Trinajstić information content (AvgIpc) is 2.55. The Hall–Kier alpha value is -1.87. The van der Waals surface area contributed by atoms with E-state index in [4.69, 9.17) is 4.74 Å². The molecule has 2 aromatic rings. The van der Waals surface area contributed by atoms with Gasteiger partial charge in [0.05, 0.1) is 12.7 Å². The first kappa shape index (κ1) is 17.5. The largest absolute Gasteiger partial charge is 0.465 e. The Morgan fingerprint density at radius 3 is 2.13 bits per heavy atom. The molecule has 0 heterocycles. The number of hydrogen-bond donors (Lipinski definition) is 0. The maximum atomic E-state index is 11.6. The Labute approximate surface area is 146 Å². The third-order valence-electron chi connectivity index (χ3n) is 3.52. The molecule has 0 aliphatic carbocycles. The van der Waals surface area contributed by atoms with Crippen LogP contribution >= 0.6 is 15.9 Å². The van der Waals surface area contributed by atoms with Crippen molar-refractivity contribution in [2.75, 3.05) is 7.11 Å². The summed E-state index contributed by atoms with van der Waals surface area (Å²) in [6.07, 6.45) is 3.19. The first-order valence-electron chi connectivity index (χ1n) is 7.64. The highest BCUT2D eigenvalue weighted by Gasteiger charge is 2.08. The summed E-state index contributed by atoms with van der Waals surface area (Å²) in [5.41, 5.74) is 4.14. The smallest absolute Gasteiger partial charge is 0.337 e. The van der Waals surface area contributed by atoms with Gasteiger partial charge in [-0.15, -0.1) is 0 Å². The third-order valence-corrected chi connectivity index (χ3v) is 4.04. The van der Waals surface area contributed by atoms with Crippen LogP contribution in [0.4, 0.5) is 0 Å². The second kappa shape index (κ2) is 8.11. The van der Waals surface area contributed by atoms with Crippen LogP contribution in [0.2, 0.25) is 0 Å². The van der Waals surface area contributed by atoms with Crippen LogP contribution in [0.15, 0.2) is 53.0 Å². The third kappa shape index (κ3) is 5.07. The highest BCUT2D eigenvalue weighted by molar-refractivity contribution is 9.10. The van der Waals surface area contributed by atoms with Gasteiger partial charge in [0, 0.05) is 4.47 Å². The minimum Gasteiger partial charge on any atom is -0.465 e. The first-order chi connectivity index (χ1) is 11.0. The van der Waals surface area contributed by atoms with E-state index in [2.05, 4.69) is 48.0 Å². The van der Waals surface area contributed by atoms with Gasteiger partial charge in [-0.05, 0) is 53.3 Å². The summed E-state index contributed by atoms with van der Waals surface area (Å²) < 4.78 is 5.82. The van der Waals surface area contributed by atoms with Crippen molar-refractivity contribution < 1.29 is 9.53 Å². The number of hydrogen-bond acceptors (Lipinski definition) is 2. The van der Waals surface area contributed by atoms with Gasteiger partial charge < -0.3 is 4.74 Å². The molecule has 0 atom stereocenters. The molecular formula is C20H21BrO2. The number of carbonyl (C=O) groups is 1. The maximum Gasteiger partial charge on any atom is 0.337 e. The molecular weight excluding hydrogens is 352 g/mol. The predicted octanol–water partition coefficient (Wildman–Crippen LogP) is 5.82. The first-order valence-corrected chi connectivity index (χ1v) is 8.44. The van der Waals surface area contributed by atoms with Crippen molar-refractivity contribution in [2.24, 2.45) is 5.92 Å². The number of benzene rings is 2. The summed E-state index contributed by atoms with van der Waals surface area (Å²) in [5, 5.41) is 0. The average molecular weight is 373 g/mol. The second-order valence-electron chi connectivity index (χ2n) is 5.89. The number of halogens is 1. The SMILES string of the molecule is COC(=O)c1ccc(C(=Cc2ccc(Br)cc2)CC(C)C)cc1. The monoisotopic (exact) mass is 372 g/mol. The topological polar surface area (TPSA) is 26.3 Å². The van der Waals surface area contributed by atoms with Crippen LogP contribution in [-0.4, -0.2) is 13.1 Å². The van der Waals surface area contributed by atoms with E-state index in [1.165, 1.54) is 18.2 Å². The van der Waals surface area contributed by atoms with Crippen LogP contribution in [0.5, 0.6) is 0 Å². The van der Waals surface area contributed by atoms with Crippen molar-refractivity contribution in [3.63, 3.8) is 0 Å². The standard InChI is InChI=1S/C20H21BrO2/c1-14(2)12-18(13-15-4-10-19(21)11-5-15)16-6-8-17(9-7-16)20(22)23-3/h4-11,13-14H,12H2,1-3H3. The number of rotatable bonds is 5. The zero-order valence-corrected chi connectivity index (χ0v) is 15.3. The molecule has 0 amide bonds. The molecule has 2 rings (SSSR count). The molecule has 2 nitrogen and oxygen atoms in total. The molecule has 0 N–H and O–H groups in total. The molecule has 120 valence electrons. The summed E-state index contributed by atoms with van der Waals surface area (Å²) >= 11 is 3.46. The molecule has 0 aliphatic heterocycles.